The van der Waals surface area contributed by atoms with Crippen molar-refractivity contribution in [3.8, 4) is 0 Å². The smallest absolute Gasteiger partial charge is 0.266 e. The van der Waals surface area contributed by atoms with E-state index in [4.69, 9.17) is 11.6 Å². The molecule has 6 nitrogen and oxygen atoms in total. The number of hydrogen-bond acceptors (Lipinski definition) is 4. The average molecular weight is 439 g/mol. The van der Waals surface area contributed by atoms with Crippen LogP contribution in [0.25, 0.3) is 0 Å². The molecule has 1 saturated carbocycles. The van der Waals surface area contributed by atoms with Crippen molar-refractivity contribution < 1.29 is 8.42 Å². The highest BCUT2D eigenvalue weighted by Gasteiger charge is 2.26. The van der Waals surface area contributed by atoms with E-state index >= 15 is 0 Å². The van der Waals surface area contributed by atoms with Crippen molar-refractivity contribution in [1.82, 2.24) is 15.1 Å². The Morgan fingerprint density at radius 1 is 1.24 bits per heavy atom. The van der Waals surface area contributed by atoms with E-state index < -0.39 is 10.0 Å². The third-order valence-electron chi connectivity index (χ3n) is 5.68. The van der Waals surface area contributed by atoms with Gasteiger partial charge in [-0.3, -0.25) is 9.40 Å². The summed E-state index contributed by atoms with van der Waals surface area (Å²) in [5.41, 5.74) is 1.84. The highest BCUT2D eigenvalue weighted by atomic mass is 35.5. The number of nitrogens with zero attached hydrogens (tertiary/aromatic N) is 2. The maximum absolute atomic E-state index is 12.9. The third kappa shape index (κ3) is 5.53. The lowest BCUT2D eigenvalue weighted by Gasteiger charge is -2.25. The second-order valence-corrected chi connectivity index (χ2v) is 10.1. The topological polar surface area (TPSA) is 76.0 Å². The molecule has 0 amide bonds. The Balaban J connectivity index is 1.68. The van der Waals surface area contributed by atoms with Gasteiger partial charge in [0.1, 0.15) is 10.0 Å². The first kappa shape index (κ1) is 22.1. The van der Waals surface area contributed by atoms with Gasteiger partial charge in [0.15, 0.2) is 0 Å². The summed E-state index contributed by atoms with van der Waals surface area (Å²) in [6, 6.07) is 7.85. The normalized spacial score (nSPS) is 16.7. The fraction of sp³-hybridized carbons (Fsp3) is 0.571. The van der Waals surface area contributed by atoms with Crippen LogP contribution in [0.2, 0.25) is 5.15 Å². The molecule has 0 aliphatic heterocycles. The Bertz CT molecular complexity index is 936. The molecule has 0 unspecified atom stereocenters. The summed E-state index contributed by atoms with van der Waals surface area (Å²) >= 11 is 6.17. The summed E-state index contributed by atoms with van der Waals surface area (Å²) in [5, 5.41) is 7.77. The summed E-state index contributed by atoms with van der Waals surface area (Å²) in [5.74, 6) is 0.802. The van der Waals surface area contributed by atoms with E-state index in [0.717, 1.165) is 11.5 Å². The molecule has 160 valence electrons. The minimum atomic E-state index is -3.83. The van der Waals surface area contributed by atoms with Gasteiger partial charge >= 0.3 is 0 Å². The fourth-order valence-electron chi connectivity index (χ4n) is 4.18. The van der Waals surface area contributed by atoms with Gasteiger partial charge in [-0.1, -0.05) is 61.9 Å². The van der Waals surface area contributed by atoms with Crippen LogP contribution in [0.5, 0.6) is 0 Å². The Morgan fingerprint density at radius 3 is 2.59 bits per heavy atom. The first-order chi connectivity index (χ1) is 13.8. The van der Waals surface area contributed by atoms with E-state index in [0.29, 0.717) is 24.0 Å². The van der Waals surface area contributed by atoms with Gasteiger partial charge in [-0.15, -0.1) is 0 Å². The van der Waals surface area contributed by atoms with Crippen molar-refractivity contribution in [2.75, 3.05) is 4.72 Å². The lowest BCUT2D eigenvalue weighted by Crippen LogP contribution is -2.29. The Kier molecular flexibility index (Phi) is 7.24. The first-order valence-corrected chi connectivity index (χ1v) is 12.2. The number of rotatable bonds is 8. The van der Waals surface area contributed by atoms with Gasteiger partial charge in [-0.05, 0) is 37.8 Å². The zero-order valence-electron chi connectivity index (χ0n) is 17.4. The van der Waals surface area contributed by atoms with Crippen molar-refractivity contribution in [3.63, 3.8) is 0 Å². The predicted octanol–water partition coefficient (Wildman–Crippen LogP) is 4.63. The van der Waals surface area contributed by atoms with Crippen molar-refractivity contribution in [1.29, 1.82) is 0 Å². The third-order valence-corrected chi connectivity index (χ3v) is 7.74. The largest absolute Gasteiger partial charge is 0.310 e. The lowest BCUT2D eigenvalue weighted by atomic mass is 9.85. The SMILES string of the molecule is Cc1nn(C)c(Cl)c1S(=O)(=O)Nc1ccccc1CN[C@@H](C)CC1CCCCC1. The molecule has 0 spiro atoms. The van der Waals surface area contributed by atoms with Crippen LogP contribution < -0.4 is 10.0 Å². The number of sulfonamides is 1. The minimum Gasteiger partial charge on any atom is -0.310 e. The van der Waals surface area contributed by atoms with Gasteiger partial charge in [-0.2, -0.15) is 5.10 Å². The number of nitrogens with one attached hydrogen (secondary N) is 2. The predicted molar refractivity (Wildman–Crippen MR) is 118 cm³/mol. The quantitative estimate of drug-likeness (QED) is 0.629. The van der Waals surface area contributed by atoms with Crippen molar-refractivity contribution in [2.45, 2.75) is 69.9 Å². The van der Waals surface area contributed by atoms with Gasteiger partial charge in [0.25, 0.3) is 10.0 Å². The molecular weight excluding hydrogens is 408 g/mol. The fourth-order valence-corrected chi connectivity index (χ4v) is 6.03. The van der Waals surface area contributed by atoms with E-state index in [2.05, 4.69) is 22.1 Å². The summed E-state index contributed by atoms with van der Waals surface area (Å²) in [4.78, 5) is 0.0232. The van der Waals surface area contributed by atoms with Gasteiger partial charge < -0.3 is 5.32 Å². The Labute approximate surface area is 179 Å². The summed E-state index contributed by atoms with van der Waals surface area (Å²) < 4.78 is 29.9. The van der Waals surface area contributed by atoms with E-state index in [1.54, 1.807) is 20.0 Å². The van der Waals surface area contributed by atoms with Crippen LogP contribution in [0.3, 0.4) is 0 Å². The number of aromatic nitrogens is 2. The van der Waals surface area contributed by atoms with Crippen molar-refractivity contribution in [2.24, 2.45) is 13.0 Å². The van der Waals surface area contributed by atoms with Gasteiger partial charge in [-0.25, -0.2) is 8.42 Å². The molecule has 3 rings (SSSR count). The second kappa shape index (κ2) is 9.49. The minimum absolute atomic E-state index is 0.0232. The molecule has 1 aliphatic rings. The molecule has 0 bridgehead atoms. The van der Waals surface area contributed by atoms with E-state index in [-0.39, 0.29) is 10.0 Å². The zero-order chi connectivity index (χ0) is 21.0. The molecule has 2 aromatic rings. The van der Waals surface area contributed by atoms with Crippen LogP contribution in [0.4, 0.5) is 5.69 Å². The first-order valence-electron chi connectivity index (χ1n) is 10.3. The Hall–Kier alpha value is -1.57. The number of halogens is 1. The molecule has 0 radical (unpaired) electrons. The highest BCUT2D eigenvalue weighted by molar-refractivity contribution is 7.92. The molecule has 2 N–H and O–H groups in total. The van der Waals surface area contributed by atoms with Crippen LogP contribution in [0, 0.1) is 12.8 Å². The maximum Gasteiger partial charge on any atom is 0.266 e. The Morgan fingerprint density at radius 2 is 1.93 bits per heavy atom. The molecule has 29 heavy (non-hydrogen) atoms. The summed E-state index contributed by atoms with van der Waals surface area (Å²) in [7, 11) is -2.21. The van der Waals surface area contributed by atoms with E-state index in [1.807, 2.05) is 18.2 Å². The molecule has 0 saturated heterocycles. The van der Waals surface area contributed by atoms with Crippen LogP contribution in [0.15, 0.2) is 29.2 Å². The standard InChI is InChI=1S/C21H31ClN4O2S/c1-15(13-17-9-5-4-6-10-17)23-14-18-11-7-8-12-19(18)25-29(27,28)20-16(2)24-26(3)21(20)22/h7-8,11-12,15,17,23,25H,4-6,9-10,13-14H2,1-3H3/t15-/m0/s1. The van der Waals surface area contributed by atoms with E-state index in [9.17, 15) is 8.42 Å². The molecule has 1 aromatic heterocycles. The molecular formula is C21H31ClN4O2S. The van der Waals surface area contributed by atoms with Gasteiger partial charge in [0.05, 0.1) is 11.4 Å². The average Bonchev–Trinajstić information content (AvgIpc) is 2.94. The number of anilines is 1. The second-order valence-electron chi connectivity index (χ2n) is 8.11. The maximum atomic E-state index is 12.9. The summed E-state index contributed by atoms with van der Waals surface area (Å²) in [6.07, 6.45) is 7.88. The summed E-state index contributed by atoms with van der Waals surface area (Å²) in [6.45, 7) is 4.45. The molecule has 1 aliphatic carbocycles. The number of hydrogen-bond donors (Lipinski definition) is 2. The molecule has 1 fully saturated rings. The van der Waals surface area contributed by atoms with Crippen LogP contribution in [0.1, 0.15) is 56.7 Å². The molecule has 1 aromatic carbocycles. The van der Waals surface area contributed by atoms with Crippen LogP contribution in [-0.2, 0) is 23.6 Å². The number of para-hydroxylation sites is 1. The van der Waals surface area contributed by atoms with E-state index in [1.165, 1.54) is 43.2 Å². The zero-order valence-corrected chi connectivity index (χ0v) is 19.0. The lowest BCUT2D eigenvalue weighted by molar-refractivity contribution is 0.305. The van der Waals surface area contributed by atoms with Gasteiger partial charge in [0, 0.05) is 19.6 Å². The van der Waals surface area contributed by atoms with Crippen molar-refractivity contribution in [3.05, 3.63) is 40.7 Å². The monoisotopic (exact) mass is 438 g/mol. The van der Waals surface area contributed by atoms with Crippen LogP contribution in [-0.4, -0.2) is 24.2 Å². The van der Waals surface area contributed by atoms with Gasteiger partial charge in [0.2, 0.25) is 0 Å². The number of benzene rings is 1. The van der Waals surface area contributed by atoms with Crippen LogP contribution >= 0.6 is 11.6 Å². The number of aryl methyl sites for hydroxylation is 2. The molecule has 8 heteroatoms. The molecule has 1 atom stereocenters. The molecule has 1 heterocycles. The highest BCUT2D eigenvalue weighted by Crippen LogP contribution is 2.29. The van der Waals surface area contributed by atoms with Crippen molar-refractivity contribution >= 4 is 27.3 Å².